The van der Waals surface area contributed by atoms with E-state index in [9.17, 15) is 18.0 Å². The maximum Gasteiger partial charge on any atom is 0.269 e. The number of amides is 1. The summed E-state index contributed by atoms with van der Waals surface area (Å²) in [6, 6.07) is 4.12. The van der Waals surface area contributed by atoms with Gasteiger partial charge in [-0.15, -0.1) is 0 Å². The predicted molar refractivity (Wildman–Crippen MR) is 61.9 cm³/mol. The summed E-state index contributed by atoms with van der Waals surface area (Å²) in [6.07, 6.45) is 0. The van der Waals surface area contributed by atoms with Gasteiger partial charge in [-0.25, -0.2) is 12.7 Å². The van der Waals surface area contributed by atoms with Crippen molar-refractivity contribution in [3.05, 3.63) is 23.8 Å². The summed E-state index contributed by atoms with van der Waals surface area (Å²) >= 11 is 0. The quantitative estimate of drug-likeness (QED) is 0.794. The highest BCUT2D eigenvalue weighted by molar-refractivity contribution is 7.90. The molecule has 0 fully saturated rings. The third-order valence-electron chi connectivity index (χ3n) is 2.58. The minimum absolute atomic E-state index is 0.0376. The molecule has 1 amide bonds. The highest BCUT2D eigenvalue weighted by atomic mass is 32.2. The molecule has 7 heteroatoms. The summed E-state index contributed by atoms with van der Waals surface area (Å²) in [5.41, 5.74) is 0.0376. The standard InChI is InChI=1S/C11H11NO5S/c1-7(13)6-12-11(14)9-5-8(17-2)3-4-10(9)18(12,15)16/h3-5H,6H2,1-2H3. The monoisotopic (exact) mass is 269 g/mol. The van der Waals surface area contributed by atoms with Gasteiger partial charge in [0.2, 0.25) is 0 Å². The fourth-order valence-corrected chi connectivity index (χ4v) is 3.32. The molecule has 0 atom stereocenters. The zero-order valence-electron chi connectivity index (χ0n) is 9.84. The lowest BCUT2D eigenvalue weighted by Gasteiger charge is -2.12. The van der Waals surface area contributed by atoms with E-state index < -0.39 is 28.3 Å². The summed E-state index contributed by atoms with van der Waals surface area (Å²) in [5.74, 6) is -0.701. The third kappa shape index (κ3) is 1.76. The number of nitrogens with zero attached hydrogens (tertiary/aromatic N) is 1. The Balaban J connectivity index is 2.57. The summed E-state index contributed by atoms with van der Waals surface area (Å²) in [7, 11) is -2.49. The Morgan fingerprint density at radius 2 is 2.06 bits per heavy atom. The van der Waals surface area contributed by atoms with Crippen molar-refractivity contribution in [1.29, 1.82) is 0 Å². The second-order valence-corrected chi connectivity index (χ2v) is 5.71. The molecule has 1 aromatic carbocycles. The number of Topliss-reactive ketones (excluding diaryl/α,β-unsaturated/α-hetero) is 1. The molecule has 0 saturated carbocycles. The number of carbonyl (C=O) groups is 2. The van der Waals surface area contributed by atoms with E-state index in [-0.39, 0.29) is 10.5 Å². The van der Waals surface area contributed by atoms with Crippen molar-refractivity contribution in [3.63, 3.8) is 0 Å². The number of fused-ring (bicyclic) bond motifs is 1. The number of rotatable bonds is 3. The van der Waals surface area contributed by atoms with Gasteiger partial charge in [0, 0.05) is 0 Å². The molecular weight excluding hydrogens is 258 g/mol. The number of sulfonamides is 1. The molecule has 2 rings (SSSR count). The molecule has 0 N–H and O–H groups in total. The maximum absolute atomic E-state index is 12.0. The van der Waals surface area contributed by atoms with Gasteiger partial charge in [-0.2, -0.15) is 0 Å². The van der Waals surface area contributed by atoms with E-state index in [1.54, 1.807) is 0 Å². The van der Waals surface area contributed by atoms with E-state index in [1.165, 1.54) is 32.2 Å². The molecular formula is C11H11NO5S. The van der Waals surface area contributed by atoms with E-state index in [0.717, 1.165) is 0 Å². The lowest BCUT2D eigenvalue weighted by Crippen LogP contribution is -2.34. The Morgan fingerprint density at radius 1 is 1.39 bits per heavy atom. The average molecular weight is 269 g/mol. The largest absolute Gasteiger partial charge is 0.497 e. The molecule has 0 aliphatic carbocycles. The van der Waals surface area contributed by atoms with Crippen molar-refractivity contribution in [3.8, 4) is 5.75 Å². The van der Waals surface area contributed by atoms with Gasteiger partial charge in [-0.3, -0.25) is 9.59 Å². The summed E-state index contributed by atoms with van der Waals surface area (Å²) in [4.78, 5) is 22.9. The Bertz CT molecular complexity index is 635. The number of benzene rings is 1. The van der Waals surface area contributed by atoms with Crippen LogP contribution in [0.2, 0.25) is 0 Å². The van der Waals surface area contributed by atoms with Gasteiger partial charge in [0.25, 0.3) is 15.9 Å². The van der Waals surface area contributed by atoms with Crippen LogP contribution in [0.4, 0.5) is 0 Å². The van der Waals surface area contributed by atoms with Crippen LogP contribution in [0, 0.1) is 0 Å². The van der Waals surface area contributed by atoms with Gasteiger partial charge in [0.05, 0.1) is 19.2 Å². The number of hydrogen-bond donors (Lipinski definition) is 0. The first-order valence-corrected chi connectivity index (χ1v) is 6.56. The number of ether oxygens (including phenoxy) is 1. The normalized spacial score (nSPS) is 16.6. The fraction of sp³-hybridized carbons (Fsp3) is 0.273. The smallest absolute Gasteiger partial charge is 0.269 e. The SMILES string of the molecule is COc1ccc2c(c1)C(=O)N(CC(C)=O)S2(=O)=O. The Morgan fingerprint density at radius 3 is 2.61 bits per heavy atom. The van der Waals surface area contributed by atoms with Crippen LogP contribution >= 0.6 is 0 Å². The van der Waals surface area contributed by atoms with Gasteiger partial charge in [0.1, 0.15) is 16.4 Å². The van der Waals surface area contributed by atoms with Gasteiger partial charge in [0.15, 0.2) is 0 Å². The molecule has 1 aromatic rings. The number of carbonyl (C=O) groups excluding carboxylic acids is 2. The average Bonchev–Trinajstić information content (AvgIpc) is 2.50. The molecule has 0 spiro atoms. The zero-order valence-corrected chi connectivity index (χ0v) is 10.7. The van der Waals surface area contributed by atoms with E-state index >= 15 is 0 Å². The van der Waals surface area contributed by atoms with E-state index in [1.807, 2.05) is 0 Å². The molecule has 18 heavy (non-hydrogen) atoms. The van der Waals surface area contributed by atoms with Crippen LogP contribution in [0.5, 0.6) is 5.75 Å². The van der Waals surface area contributed by atoms with Gasteiger partial charge in [-0.1, -0.05) is 0 Å². The lowest BCUT2D eigenvalue weighted by atomic mass is 10.2. The van der Waals surface area contributed by atoms with Crippen LogP contribution < -0.4 is 4.74 Å². The Labute approximate surface area is 104 Å². The maximum atomic E-state index is 12.0. The Hall–Kier alpha value is -1.89. The van der Waals surface area contributed by atoms with E-state index in [2.05, 4.69) is 0 Å². The second-order valence-electron chi connectivity index (χ2n) is 3.88. The van der Waals surface area contributed by atoms with Gasteiger partial charge in [-0.05, 0) is 25.1 Å². The predicted octanol–water partition coefficient (Wildman–Crippen LogP) is 0.429. The number of hydrogen-bond acceptors (Lipinski definition) is 5. The first-order valence-electron chi connectivity index (χ1n) is 5.12. The molecule has 6 nitrogen and oxygen atoms in total. The molecule has 96 valence electrons. The van der Waals surface area contributed by atoms with Crippen molar-refractivity contribution in [2.24, 2.45) is 0 Å². The zero-order chi connectivity index (χ0) is 13.5. The van der Waals surface area contributed by atoms with E-state index in [0.29, 0.717) is 10.1 Å². The third-order valence-corrected chi connectivity index (χ3v) is 4.36. The molecule has 0 saturated heterocycles. The van der Waals surface area contributed by atoms with Crippen molar-refractivity contribution >= 4 is 21.7 Å². The van der Waals surface area contributed by atoms with Crippen LogP contribution in [-0.2, 0) is 14.8 Å². The van der Waals surface area contributed by atoms with Crippen molar-refractivity contribution in [1.82, 2.24) is 4.31 Å². The first-order chi connectivity index (χ1) is 8.37. The van der Waals surface area contributed by atoms with Gasteiger partial charge >= 0.3 is 0 Å². The molecule has 0 aromatic heterocycles. The summed E-state index contributed by atoms with van der Waals surface area (Å²) in [5, 5.41) is 0. The minimum atomic E-state index is -3.91. The molecule has 1 aliphatic rings. The Kier molecular flexibility index (Phi) is 2.86. The van der Waals surface area contributed by atoms with Crippen LogP contribution in [-0.4, -0.2) is 38.1 Å². The molecule has 0 radical (unpaired) electrons. The highest BCUT2D eigenvalue weighted by Gasteiger charge is 2.41. The van der Waals surface area contributed by atoms with E-state index in [4.69, 9.17) is 4.74 Å². The first kappa shape index (κ1) is 12.6. The highest BCUT2D eigenvalue weighted by Crippen LogP contribution is 2.32. The molecule has 1 heterocycles. The fourth-order valence-electron chi connectivity index (χ4n) is 1.75. The van der Waals surface area contributed by atoms with Crippen LogP contribution in [0.1, 0.15) is 17.3 Å². The number of methoxy groups -OCH3 is 1. The second kappa shape index (κ2) is 4.09. The van der Waals surface area contributed by atoms with Crippen LogP contribution in [0.25, 0.3) is 0 Å². The van der Waals surface area contributed by atoms with Gasteiger partial charge < -0.3 is 4.74 Å². The molecule has 0 unspecified atom stereocenters. The minimum Gasteiger partial charge on any atom is -0.497 e. The lowest BCUT2D eigenvalue weighted by molar-refractivity contribution is -0.116. The van der Waals surface area contributed by atoms with Crippen molar-refractivity contribution in [2.45, 2.75) is 11.8 Å². The topological polar surface area (TPSA) is 80.8 Å². The summed E-state index contributed by atoms with van der Waals surface area (Å²) in [6.45, 7) is 0.782. The van der Waals surface area contributed by atoms with Crippen LogP contribution in [0.3, 0.4) is 0 Å². The number of ketones is 1. The van der Waals surface area contributed by atoms with Crippen LogP contribution in [0.15, 0.2) is 23.1 Å². The van der Waals surface area contributed by atoms with Crippen molar-refractivity contribution in [2.75, 3.05) is 13.7 Å². The summed E-state index contributed by atoms with van der Waals surface area (Å²) < 4.78 is 29.6. The van der Waals surface area contributed by atoms with Crippen molar-refractivity contribution < 1.29 is 22.7 Å². The molecule has 1 aliphatic heterocycles. The molecule has 0 bridgehead atoms.